The molecule has 2 rings (SSSR count). The molecule has 0 aliphatic heterocycles. The SMILES string of the molecule is Cn1ccc(CNCc2c(F)cccc2F)n1. The van der Waals surface area contributed by atoms with E-state index in [2.05, 4.69) is 10.4 Å². The first-order valence-electron chi connectivity index (χ1n) is 5.29. The molecular weight excluding hydrogens is 224 g/mol. The molecule has 0 saturated carbocycles. The number of nitrogens with one attached hydrogen (secondary N) is 1. The zero-order valence-electron chi connectivity index (χ0n) is 9.45. The zero-order valence-corrected chi connectivity index (χ0v) is 9.45. The molecule has 0 bridgehead atoms. The van der Waals surface area contributed by atoms with Crippen molar-refractivity contribution in [1.82, 2.24) is 15.1 Å². The summed E-state index contributed by atoms with van der Waals surface area (Å²) in [5.74, 6) is -1.06. The van der Waals surface area contributed by atoms with Crippen molar-refractivity contribution in [1.29, 1.82) is 0 Å². The van der Waals surface area contributed by atoms with Crippen LogP contribution in [0.15, 0.2) is 30.5 Å². The molecule has 17 heavy (non-hydrogen) atoms. The average molecular weight is 237 g/mol. The Morgan fingerprint density at radius 2 is 1.88 bits per heavy atom. The molecule has 0 amide bonds. The van der Waals surface area contributed by atoms with E-state index in [0.717, 1.165) is 5.69 Å². The molecular formula is C12H13F2N3. The van der Waals surface area contributed by atoms with Gasteiger partial charge in [-0.3, -0.25) is 4.68 Å². The summed E-state index contributed by atoms with van der Waals surface area (Å²) in [7, 11) is 1.82. The smallest absolute Gasteiger partial charge is 0.130 e. The number of benzene rings is 1. The summed E-state index contributed by atoms with van der Waals surface area (Å²) in [4.78, 5) is 0. The van der Waals surface area contributed by atoms with Gasteiger partial charge >= 0.3 is 0 Å². The van der Waals surface area contributed by atoms with Crippen LogP contribution in [0, 0.1) is 11.6 Å². The van der Waals surface area contributed by atoms with Crippen molar-refractivity contribution in [3.05, 3.63) is 53.4 Å². The molecule has 1 aromatic carbocycles. The lowest BCUT2D eigenvalue weighted by Crippen LogP contribution is -2.15. The minimum Gasteiger partial charge on any atom is -0.307 e. The van der Waals surface area contributed by atoms with Crippen molar-refractivity contribution in [2.45, 2.75) is 13.1 Å². The molecule has 0 atom stereocenters. The number of hydrogen-bond donors (Lipinski definition) is 1. The van der Waals surface area contributed by atoms with E-state index in [1.807, 2.05) is 19.3 Å². The van der Waals surface area contributed by atoms with E-state index < -0.39 is 11.6 Å². The van der Waals surface area contributed by atoms with Gasteiger partial charge in [-0.15, -0.1) is 0 Å². The van der Waals surface area contributed by atoms with Gasteiger partial charge in [0.25, 0.3) is 0 Å². The number of halogens is 2. The van der Waals surface area contributed by atoms with E-state index in [9.17, 15) is 8.78 Å². The fourth-order valence-corrected chi connectivity index (χ4v) is 1.57. The third-order valence-electron chi connectivity index (χ3n) is 2.44. The topological polar surface area (TPSA) is 29.9 Å². The van der Waals surface area contributed by atoms with E-state index in [-0.39, 0.29) is 12.1 Å². The van der Waals surface area contributed by atoms with Gasteiger partial charge in [0.05, 0.1) is 5.69 Å². The monoisotopic (exact) mass is 237 g/mol. The third kappa shape index (κ3) is 2.88. The molecule has 3 nitrogen and oxygen atoms in total. The van der Waals surface area contributed by atoms with Gasteiger partial charge in [-0.25, -0.2) is 8.78 Å². The van der Waals surface area contributed by atoms with Crippen LogP contribution in [0.25, 0.3) is 0 Å². The first kappa shape index (κ1) is 11.7. The fraction of sp³-hybridized carbons (Fsp3) is 0.250. The molecule has 1 N–H and O–H groups in total. The highest BCUT2D eigenvalue weighted by molar-refractivity contribution is 5.19. The minimum atomic E-state index is -0.529. The van der Waals surface area contributed by atoms with Crippen molar-refractivity contribution in [3.63, 3.8) is 0 Å². The van der Waals surface area contributed by atoms with Crippen LogP contribution in [0.4, 0.5) is 8.78 Å². The highest BCUT2D eigenvalue weighted by Crippen LogP contribution is 2.11. The van der Waals surface area contributed by atoms with Crippen LogP contribution in [-0.4, -0.2) is 9.78 Å². The molecule has 0 spiro atoms. The standard InChI is InChI=1S/C12H13F2N3/c1-17-6-5-9(16-17)7-15-8-10-11(13)3-2-4-12(10)14/h2-6,15H,7-8H2,1H3. The lowest BCUT2D eigenvalue weighted by Gasteiger charge is -2.05. The summed E-state index contributed by atoms with van der Waals surface area (Å²) in [6.07, 6.45) is 1.82. The van der Waals surface area contributed by atoms with Gasteiger partial charge in [-0.1, -0.05) is 6.07 Å². The van der Waals surface area contributed by atoms with Crippen LogP contribution in [0.5, 0.6) is 0 Å². The summed E-state index contributed by atoms with van der Waals surface area (Å²) in [6.45, 7) is 0.629. The van der Waals surface area contributed by atoms with Crippen LogP contribution in [0.2, 0.25) is 0 Å². The molecule has 90 valence electrons. The summed E-state index contributed by atoms with van der Waals surface area (Å²) < 4.78 is 28.2. The number of hydrogen-bond acceptors (Lipinski definition) is 2. The lowest BCUT2D eigenvalue weighted by atomic mass is 10.2. The van der Waals surface area contributed by atoms with Gasteiger partial charge in [-0.2, -0.15) is 5.10 Å². The van der Waals surface area contributed by atoms with Gasteiger partial charge in [0, 0.05) is 31.9 Å². The lowest BCUT2D eigenvalue weighted by molar-refractivity contribution is 0.533. The zero-order chi connectivity index (χ0) is 12.3. The predicted octanol–water partition coefficient (Wildman–Crippen LogP) is 1.99. The van der Waals surface area contributed by atoms with Crippen LogP contribution < -0.4 is 5.32 Å². The van der Waals surface area contributed by atoms with Crippen molar-refractivity contribution in [2.24, 2.45) is 7.05 Å². The maximum absolute atomic E-state index is 13.3. The predicted molar refractivity (Wildman–Crippen MR) is 60.1 cm³/mol. The molecule has 1 aromatic heterocycles. The van der Waals surface area contributed by atoms with E-state index >= 15 is 0 Å². The van der Waals surface area contributed by atoms with Crippen LogP contribution in [0.1, 0.15) is 11.3 Å². The maximum atomic E-state index is 13.3. The highest BCUT2D eigenvalue weighted by Gasteiger charge is 2.07. The van der Waals surface area contributed by atoms with Crippen molar-refractivity contribution >= 4 is 0 Å². The Labute approximate surface area is 98.1 Å². The number of nitrogens with zero attached hydrogens (tertiary/aromatic N) is 2. The minimum absolute atomic E-state index is 0.0587. The molecule has 5 heteroatoms. The molecule has 1 heterocycles. The normalized spacial score (nSPS) is 10.8. The summed E-state index contributed by atoms with van der Waals surface area (Å²) in [5, 5.41) is 7.11. The fourth-order valence-electron chi connectivity index (χ4n) is 1.57. The van der Waals surface area contributed by atoms with Crippen LogP contribution in [-0.2, 0) is 20.1 Å². The second-order valence-corrected chi connectivity index (χ2v) is 3.78. The molecule has 0 unspecified atom stereocenters. The van der Waals surface area contributed by atoms with E-state index in [0.29, 0.717) is 6.54 Å². The van der Waals surface area contributed by atoms with Gasteiger partial charge in [0.2, 0.25) is 0 Å². The third-order valence-corrected chi connectivity index (χ3v) is 2.44. The van der Waals surface area contributed by atoms with Crippen molar-refractivity contribution in [2.75, 3.05) is 0 Å². The number of aryl methyl sites for hydroxylation is 1. The van der Waals surface area contributed by atoms with Gasteiger partial charge in [0.1, 0.15) is 11.6 Å². The second-order valence-electron chi connectivity index (χ2n) is 3.78. The Balaban J connectivity index is 1.94. The maximum Gasteiger partial charge on any atom is 0.130 e. The molecule has 0 aliphatic carbocycles. The molecule has 0 saturated heterocycles. The van der Waals surface area contributed by atoms with Crippen molar-refractivity contribution < 1.29 is 8.78 Å². The quantitative estimate of drug-likeness (QED) is 0.881. The van der Waals surface area contributed by atoms with Crippen LogP contribution >= 0.6 is 0 Å². The molecule has 2 aromatic rings. The highest BCUT2D eigenvalue weighted by atomic mass is 19.1. The number of rotatable bonds is 4. The Morgan fingerprint density at radius 1 is 1.18 bits per heavy atom. The first-order chi connectivity index (χ1) is 8.16. The second kappa shape index (κ2) is 5.05. The Morgan fingerprint density at radius 3 is 2.47 bits per heavy atom. The van der Waals surface area contributed by atoms with Crippen LogP contribution in [0.3, 0.4) is 0 Å². The first-order valence-corrected chi connectivity index (χ1v) is 5.29. The van der Waals surface area contributed by atoms with E-state index in [1.54, 1.807) is 4.68 Å². The molecule has 0 radical (unpaired) electrons. The largest absolute Gasteiger partial charge is 0.307 e. The number of aromatic nitrogens is 2. The van der Waals surface area contributed by atoms with Gasteiger partial charge in [-0.05, 0) is 18.2 Å². The van der Waals surface area contributed by atoms with Gasteiger partial charge in [0.15, 0.2) is 0 Å². The Kier molecular flexibility index (Phi) is 3.49. The van der Waals surface area contributed by atoms with Gasteiger partial charge < -0.3 is 5.32 Å². The average Bonchev–Trinajstić information content (AvgIpc) is 2.69. The Bertz CT molecular complexity index is 488. The Hall–Kier alpha value is -1.75. The molecule has 0 aliphatic rings. The summed E-state index contributed by atoms with van der Waals surface area (Å²) in [6, 6.07) is 5.71. The van der Waals surface area contributed by atoms with Crippen molar-refractivity contribution in [3.8, 4) is 0 Å². The summed E-state index contributed by atoms with van der Waals surface area (Å²) >= 11 is 0. The molecule has 0 fully saturated rings. The summed E-state index contributed by atoms with van der Waals surface area (Å²) in [5.41, 5.74) is 0.896. The van der Waals surface area contributed by atoms with E-state index in [1.165, 1.54) is 18.2 Å². The van der Waals surface area contributed by atoms with E-state index in [4.69, 9.17) is 0 Å².